The number of halogens is 1. The van der Waals surface area contributed by atoms with Crippen LogP contribution < -0.4 is 5.32 Å². The summed E-state index contributed by atoms with van der Waals surface area (Å²) in [5, 5.41) is 3.28. The third-order valence-electron chi connectivity index (χ3n) is 2.80. The van der Waals surface area contributed by atoms with Gasteiger partial charge in [-0.1, -0.05) is 0 Å². The normalized spacial score (nSPS) is 48.3. The molecule has 2 rings (SSSR count). The lowest BCUT2D eigenvalue weighted by Gasteiger charge is -2.37. The summed E-state index contributed by atoms with van der Waals surface area (Å²) >= 11 is 0. The Hall–Kier alpha value is -0.110. The zero-order valence-corrected chi connectivity index (χ0v) is 5.44. The third-order valence-corrected chi connectivity index (χ3v) is 2.80. The Morgan fingerprint density at radius 3 is 3.00 bits per heavy atom. The van der Waals surface area contributed by atoms with Crippen molar-refractivity contribution in [1.82, 2.24) is 5.32 Å². The van der Waals surface area contributed by atoms with Gasteiger partial charge in [0.2, 0.25) is 0 Å². The van der Waals surface area contributed by atoms with E-state index in [0.29, 0.717) is 11.8 Å². The highest BCUT2D eigenvalue weighted by molar-refractivity contribution is 4.95. The minimum Gasteiger partial charge on any atom is -0.316 e. The SMILES string of the molecule is FCC1CC2CNC[C@@H]12. The van der Waals surface area contributed by atoms with Crippen molar-refractivity contribution in [2.24, 2.45) is 17.8 Å². The van der Waals surface area contributed by atoms with Gasteiger partial charge in [0.25, 0.3) is 0 Å². The maximum absolute atomic E-state index is 12.0. The van der Waals surface area contributed by atoms with Crippen LogP contribution in [0.4, 0.5) is 4.39 Å². The maximum Gasteiger partial charge on any atom is 0.0925 e. The standard InChI is InChI=1S/C7H12FN/c8-2-5-1-6-3-9-4-7(5)6/h5-7,9H,1-4H2/t5?,6?,7-/m0/s1. The Morgan fingerprint density at radius 2 is 2.33 bits per heavy atom. The van der Waals surface area contributed by atoms with E-state index in [-0.39, 0.29) is 6.67 Å². The zero-order chi connectivity index (χ0) is 6.27. The summed E-state index contributed by atoms with van der Waals surface area (Å²) in [4.78, 5) is 0. The minimum absolute atomic E-state index is 0.0944. The van der Waals surface area contributed by atoms with E-state index in [1.54, 1.807) is 0 Å². The Balaban J connectivity index is 1.93. The average molecular weight is 129 g/mol. The summed E-state index contributed by atoms with van der Waals surface area (Å²) in [7, 11) is 0. The molecule has 3 atom stereocenters. The molecule has 0 radical (unpaired) electrons. The summed E-state index contributed by atoms with van der Waals surface area (Å²) in [6.07, 6.45) is 1.13. The van der Waals surface area contributed by atoms with Crippen LogP contribution >= 0.6 is 0 Å². The molecule has 1 aliphatic heterocycles. The molecule has 0 aromatic carbocycles. The van der Waals surface area contributed by atoms with E-state index >= 15 is 0 Å². The van der Waals surface area contributed by atoms with Crippen LogP contribution in [0, 0.1) is 17.8 Å². The first-order valence-corrected chi connectivity index (χ1v) is 3.68. The molecule has 2 fully saturated rings. The quantitative estimate of drug-likeness (QED) is 0.552. The predicted octanol–water partition coefficient (Wildman–Crippen LogP) is 0.811. The molecule has 0 bridgehead atoms. The smallest absolute Gasteiger partial charge is 0.0925 e. The van der Waals surface area contributed by atoms with E-state index < -0.39 is 0 Å². The molecule has 1 aliphatic carbocycles. The summed E-state index contributed by atoms with van der Waals surface area (Å²) in [6.45, 7) is 2.11. The zero-order valence-electron chi connectivity index (χ0n) is 5.44. The molecule has 2 unspecified atom stereocenters. The Kier molecular flexibility index (Phi) is 1.22. The molecule has 9 heavy (non-hydrogen) atoms. The van der Waals surface area contributed by atoms with Gasteiger partial charge in [0.15, 0.2) is 0 Å². The molecule has 52 valence electrons. The molecular weight excluding hydrogens is 117 g/mol. The second kappa shape index (κ2) is 1.94. The Labute approximate surface area is 54.6 Å². The van der Waals surface area contributed by atoms with Crippen molar-refractivity contribution < 1.29 is 4.39 Å². The lowest BCUT2D eigenvalue weighted by Crippen LogP contribution is -2.36. The summed E-state index contributed by atoms with van der Waals surface area (Å²) in [6, 6.07) is 0. The van der Waals surface area contributed by atoms with E-state index in [9.17, 15) is 4.39 Å². The van der Waals surface area contributed by atoms with Crippen molar-refractivity contribution in [3.8, 4) is 0 Å². The molecule has 1 N–H and O–H groups in total. The minimum atomic E-state index is -0.0944. The molecule has 0 aromatic heterocycles. The van der Waals surface area contributed by atoms with E-state index in [1.165, 1.54) is 0 Å². The van der Waals surface area contributed by atoms with Gasteiger partial charge in [0, 0.05) is 0 Å². The summed E-state index contributed by atoms with van der Waals surface area (Å²) in [5.41, 5.74) is 0. The first kappa shape index (κ1) is 5.66. The fraction of sp³-hybridized carbons (Fsp3) is 1.00. The van der Waals surface area contributed by atoms with Gasteiger partial charge in [-0.2, -0.15) is 0 Å². The van der Waals surface area contributed by atoms with Crippen molar-refractivity contribution >= 4 is 0 Å². The van der Waals surface area contributed by atoms with Gasteiger partial charge in [-0.25, -0.2) is 0 Å². The van der Waals surface area contributed by atoms with Crippen molar-refractivity contribution in [3.05, 3.63) is 0 Å². The van der Waals surface area contributed by atoms with Crippen molar-refractivity contribution in [2.75, 3.05) is 19.8 Å². The van der Waals surface area contributed by atoms with E-state index in [1.807, 2.05) is 0 Å². The van der Waals surface area contributed by atoms with Gasteiger partial charge in [-0.3, -0.25) is 4.39 Å². The van der Waals surface area contributed by atoms with Crippen LogP contribution in [0.15, 0.2) is 0 Å². The van der Waals surface area contributed by atoms with Crippen LogP contribution in [0.2, 0.25) is 0 Å². The van der Waals surface area contributed by atoms with Gasteiger partial charge < -0.3 is 5.32 Å². The van der Waals surface area contributed by atoms with E-state index in [4.69, 9.17) is 0 Å². The lowest BCUT2D eigenvalue weighted by atomic mass is 9.67. The van der Waals surface area contributed by atoms with Crippen molar-refractivity contribution in [2.45, 2.75) is 6.42 Å². The fourth-order valence-electron chi connectivity index (χ4n) is 2.11. The average Bonchev–Trinajstić information content (AvgIpc) is 2.14. The van der Waals surface area contributed by atoms with Crippen LogP contribution in [0.1, 0.15) is 6.42 Å². The number of alkyl halides is 1. The highest BCUT2D eigenvalue weighted by atomic mass is 19.1. The van der Waals surface area contributed by atoms with Crippen molar-refractivity contribution in [3.63, 3.8) is 0 Å². The lowest BCUT2D eigenvalue weighted by molar-refractivity contribution is 0.0936. The molecule has 1 saturated heterocycles. The maximum atomic E-state index is 12.0. The molecule has 0 spiro atoms. The number of fused-ring (bicyclic) bond motifs is 1. The van der Waals surface area contributed by atoms with E-state index in [0.717, 1.165) is 25.4 Å². The number of nitrogens with one attached hydrogen (secondary N) is 1. The first-order valence-electron chi connectivity index (χ1n) is 3.68. The molecule has 1 heterocycles. The van der Waals surface area contributed by atoms with Crippen LogP contribution in [-0.2, 0) is 0 Å². The first-order chi connectivity index (χ1) is 4.42. The second-order valence-corrected chi connectivity index (χ2v) is 3.23. The number of rotatable bonds is 1. The molecular formula is C7H12FN. The Morgan fingerprint density at radius 1 is 1.44 bits per heavy atom. The van der Waals surface area contributed by atoms with Gasteiger partial charge >= 0.3 is 0 Å². The predicted molar refractivity (Wildman–Crippen MR) is 33.9 cm³/mol. The topological polar surface area (TPSA) is 12.0 Å². The van der Waals surface area contributed by atoms with Gasteiger partial charge in [-0.15, -0.1) is 0 Å². The summed E-state index contributed by atoms with van der Waals surface area (Å²) in [5.74, 6) is 1.92. The number of hydrogen-bond acceptors (Lipinski definition) is 1. The molecule has 0 aromatic rings. The Bertz CT molecular complexity index is 115. The van der Waals surface area contributed by atoms with Crippen LogP contribution in [-0.4, -0.2) is 19.8 Å². The highest BCUT2D eigenvalue weighted by Crippen LogP contribution is 2.42. The molecule has 1 nitrogen and oxygen atoms in total. The highest BCUT2D eigenvalue weighted by Gasteiger charge is 2.43. The molecule has 2 aliphatic rings. The monoisotopic (exact) mass is 129 g/mol. The fourth-order valence-corrected chi connectivity index (χ4v) is 2.11. The third kappa shape index (κ3) is 0.692. The summed E-state index contributed by atoms with van der Waals surface area (Å²) < 4.78 is 12.0. The van der Waals surface area contributed by atoms with Crippen LogP contribution in [0.25, 0.3) is 0 Å². The van der Waals surface area contributed by atoms with Crippen molar-refractivity contribution in [1.29, 1.82) is 0 Å². The van der Waals surface area contributed by atoms with Crippen LogP contribution in [0.5, 0.6) is 0 Å². The molecule has 1 saturated carbocycles. The second-order valence-electron chi connectivity index (χ2n) is 3.23. The molecule has 0 amide bonds. The van der Waals surface area contributed by atoms with Gasteiger partial charge in [0.1, 0.15) is 0 Å². The molecule has 2 heteroatoms. The largest absolute Gasteiger partial charge is 0.316 e. The van der Waals surface area contributed by atoms with Gasteiger partial charge in [0.05, 0.1) is 6.67 Å². The van der Waals surface area contributed by atoms with Gasteiger partial charge in [-0.05, 0) is 37.3 Å². The number of hydrogen-bond donors (Lipinski definition) is 1. The van der Waals surface area contributed by atoms with E-state index in [2.05, 4.69) is 5.32 Å². The van der Waals surface area contributed by atoms with Crippen LogP contribution in [0.3, 0.4) is 0 Å².